The maximum Gasteiger partial charge on any atom is 0.410 e. The maximum atomic E-state index is 11.7. The summed E-state index contributed by atoms with van der Waals surface area (Å²) in [7, 11) is 0. The van der Waals surface area contributed by atoms with Crippen molar-refractivity contribution in [3.8, 4) is 0 Å². The van der Waals surface area contributed by atoms with E-state index in [2.05, 4.69) is 12.1 Å². The number of carbonyl (C=O) groups excluding carboxylic acids is 1. The Morgan fingerprint density at radius 1 is 1.29 bits per heavy atom. The summed E-state index contributed by atoms with van der Waals surface area (Å²) < 4.78 is 5.39. The van der Waals surface area contributed by atoms with Crippen LogP contribution in [0.15, 0.2) is 30.3 Å². The largest absolute Gasteiger partial charge is 0.444 e. The van der Waals surface area contributed by atoms with Crippen LogP contribution in [0, 0.1) is 0 Å². The van der Waals surface area contributed by atoms with Crippen molar-refractivity contribution >= 4 is 6.09 Å². The average Bonchev–Trinajstić information content (AvgIpc) is 2.60. The second-order valence-electron chi connectivity index (χ2n) is 5.48. The average molecular weight is 233 g/mol. The van der Waals surface area contributed by atoms with Crippen molar-refractivity contribution in [1.82, 2.24) is 4.90 Å². The van der Waals surface area contributed by atoms with Crippen LogP contribution in [0.5, 0.6) is 0 Å². The van der Waals surface area contributed by atoms with E-state index in [0.717, 1.165) is 6.42 Å². The van der Waals surface area contributed by atoms with Crippen LogP contribution >= 0.6 is 0 Å². The highest BCUT2D eigenvalue weighted by atomic mass is 16.6. The SMILES string of the molecule is CC(C)(C)N1CC(Cc2ccccc2)OC1=O. The molecule has 17 heavy (non-hydrogen) atoms. The summed E-state index contributed by atoms with van der Waals surface area (Å²) in [6, 6.07) is 10.1. The minimum atomic E-state index is -0.196. The second kappa shape index (κ2) is 4.40. The van der Waals surface area contributed by atoms with Gasteiger partial charge in [0.1, 0.15) is 6.10 Å². The third-order valence-corrected chi connectivity index (χ3v) is 2.99. The summed E-state index contributed by atoms with van der Waals surface area (Å²) in [4.78, 5) is 13.5. The van der Waals surface area contributed by atoms with Crippen LogP contribution in [0.3, 0.4) is 0 Å². The summed E-state index contributed by atoms with van der Waals surface area (Å²) in [6.07, 6.45) is 0.571. The first-order valence-electron chi connectivity index (χ1n) is 5.99. The molecule has 1 aromatic rings. The van der Waals surface area contributed by atoms with E-state index in [1.165, 1.54) is 5.56 Å². The molecule has 0 radical (unpaired) electrons. The Morgan fingerprint density at radius 2 is 1.94 bits per heavy atom. The molecule has 3 nitrogen and oxygen atoms in total. The first kappa shape index (κ1) is 12.0. The summed E-state index contributed by atoms with van der Waals surface area (Å²) in [5.74, 6) is 0. The topological polar surface area (TPSA) is 29.5 Å². The molecule has 0 aliphatic carbocycles. The van der Waals surface area contributed by atoms with Gasteiger partial charge in [0.25, 0.3) is 0 Å². The molecule has 0 N–H and O–H groups in total. The van der Waals surface area contributed by atoms with Crippen molar-refractivity contribution in [2.45, 2.75) is 38.8 Å². The molecule has 1 amide bonds. The molecule has 1 aliphatic rings. The molecule has 1 unspecified atom stereocenters. The standard InChI is InChI=1S/C14H19NO2/c1-14(2,3)15-10-12(17-13(15)16)9-11-7-5-4-6-8-11/h4-8,12H,9-10H2,1-3H3. The van der Waals surface area contributed by atoms with Gasteiger partial charge in [-0.05, 0) is 26.3 Å². The zero-order valence-electron chi connectivity index (χ0n) is 10.6. The van der Waals surface area contributed by atoms with Gasteiger partial charge in [-0.25, -0.2) is 4.79 Å². The van der Waals surface area contributed by atoms with Gasteiger partial charge in [0, 0.05) is 12.0 Å². The first-order valence-corrected chi connectivity index (χ1v) is 5.99. The Balaban J connectivity index is 2.01. The number of amides is 1. The fourth-order valence-electron chi connectivity index (χ4n) is 2.05. The highest BCUT2D eigenvalue weighted by Crippen LogP contribution is 2.23. The monoisotopic (exact) mass is 233 g/mol. The third kappa shape index (κ3) is 2.78. The van der Waals surface area contributed by atoms with Crippen molar-refractivity contribution < 1.29 is 9.53 Å². The number of hydrogen-bond acceptors (Lipinski definition) is 2. The molecule has 1 atom stereocenters. The van der Waals surface area contributed by atoms with Gasteiger partial charge in [0.2, 0.25) is 0 Å². The molecule has 1 aromatic carbocycles. The van der Waals surface area contributed by atoms with Gasteiger partial charge in [-0.15, -0.1) is 0 Å². The molecule has 1 heterocycles. The minimum Gasteiger partial charge on any atom is -0.444 e. The minimum absolute atomic E-state index is 0.0240. The van der Waals surface area contributed by atoms with Crippen LogP contribution in [0.1, 0.15) is 26.3 Å². The Bertz CT molecular complexity index is 394. The van der Waals surface area contributed by atoms with Gasteiger partial charge >= 0.3 is 6.09 Å². The highest BCUT2D eigenvalue weighted by molar-refractivity contribution is 5.70. The number of carbonyl (C=O) groups is 1. The van der Waals surface area contributed by atoms with Gasteiger partial charge < -0.3 is 4.74 Å². The molecule has 1 aliphatic heterocycles. The summed E-state index contributed by atoms with van der Waals surface area (Å²) in [6.45, 7) is 6.76. The van der Waals surface area contributed by atoms with Gasteiger partial charge in [-0.2, -0.15) is 0 Å². The van der Waals surface area contributed by atoms with E-state index in [1.54, 1.807) is 4.90 Å². The van der Waals surface area contributed by atoms with Crippen molar-refractivity contribution in [1.29, 1.82) is 0 Å². The third-order valence-electron chi connectivity index (χ3n) is 2.99. The normalized spacial score (nSPS) is 20.5. The van der Waals surface area contributed by atoms with Crippen LogP contribution in [0.25, 0.3) is 0 Å². The first-order chi connectivity index (χ1) is 7.97. The lowest BCUT2D eigenvalue weighted by Crippen LogP contribution is -2.42. The molecule has 2 rings (SSSR count). The Labute approximate surface area is 102 Å². The predicted octanol–water partition coefficient (Wildman–Crippen LogP) is 2.85. The zero-order valence-corrected chi connectivity index (χ0v) is 10.6. The fraction of sp³-hybridized carbons (Fsp3) is 0.500. The number of benzene rings is 1. The lowest BCUT2D eigenvalue weighted by atomic mass is 10.0. The maximum absolute atomic E-state index is 11.7. The summed E-state index contributed by atoms with van der Waals surface area (Å²) in [5, 5.41) is 0. The van der Waals surface area contributed by atoms with E-state index in [1.807, 2.05) is 39.0 Å². The van der Waals surface area contributed by atoms with Crippen molar-refractivity contribution in [3.63, 3.8) is 0 Å². The number of hydrogen-bond donors (Lipinski definition) is 0. The number of cyclic esters (lactones) is 1. The van der Waals surface area contributed by atoms with Gasteiger partial charge in [0.05, 0.1) is 6.54 Å². The van der Waals surface area contributed by atoms with Crippen LogP contribution in [0.4, 0.5) is 4.79 Å². The molecule has 0 spiro atoms. The Kier molecular flexibility index (Phi) is 3.09. The second-order valence-corrected chi connectivity index (χ2v) is 5.48. The zero-order chi connectivity index (χ0) is 12.5. The van der Waals surface area contributed by atoms with Crippen LogP contribution in [-0.4, -0.2) is 29.2 Å². The Hall–Kier alpha value is -1.51. The molecule has 0 saturated carbocycles. The summed E-state index contributed by atoms with van der Waals surface area (Å²) >= 11 is 0. The van der Waals surface area contributed by atoms with E-state index in [9.17, 15) is 4.79 Å². The van der Waals surface area contributed by atoms with Crippen molar-refractivity contribution in [2.24, 2.45) is 0 Å². The van der Waals surface area contributed by atoms with Crippen LogP contribution in [-0.2, 0) is 11.2 Å². The molecular formula is C14H19NO2. The van der Waals surface area contributed by atoms with Crippen molar-refractivity contribution in [3.05, 3.63) is 35.9 Å². The summed E-state index contributed by atoms with van der Waals surface area (Å²) in [5.41, 5.74) is 1.05. The molecule has 1 saturated heterocycles. The van der Waals surface area contributed by atoms with Gasteiger partial charge in [0.15, 0.2) is 0 Å². The molecule has 92 valence electrons. The van der Waals surface area contributed by atoms with E-state index in [-0.39, 0.29) is 17.7 Å². The van der Waals surface area contributed by atoms with Crippen LogP contribution < -0.4 is 0 Å². The van der Waals surface area contributed by atoms with E-state index in [0.29, 0.717) is 6.54 Å². The molecule has 0 bridgehead atoms. The number of rotatable bonds is 2. The lowest BCUT2D eigenvalue weighted by Gasteiger charge is -2.29. The van der Waals surface area contributed by atoms with Crippen molar-refractivity contribution in [2.75, 3.05) is 6.54 Å². The molecule has 0 aromatic heterocycles. The lowest BCUT2D eigenvalue weighted by molar-refractivity contribution is 0.120. The fourth-order valence-corrected chi connectivity index (χ4v) is 2.05. The van der Waals surface area contributed by atoms with E-state index < -0.39 is 0 Å². The van der Waals surface area contributed by atoms with E-state index >= 15 is 0 Å². The predicted molar refractivity (Wildman–Crippen MR) is 66.9 cm³/mol. The highest BCUT2D eigenvalue weighted by Gasteiger charge is 2.37. The Morgan fingerprint density at radius 3 is 2.47 bits per heavy atom. The van der Waals surface area contributed by atoms with E-state index in [4.69, 9.17) is 4.74 Å². The molecule has 3 heteroatoms. The van der Waals surface area contributed by atoms with Crippen LogP contribution in [0.2, 0.25) is 0 Å². The number of nitrogens with zero attached hydrogens (tertiary/aromatic N) is 1. The molecule has 1 fully saturated rings. The molecular weight excluding hydrogens is 214 g/mol. The quantitative estimate of drug-likeness (QED) is 0.786. The number of ether oxygens (including phenoxy) is 1. The smallest absolute Gasteiger partial charge is 0.410 e. The van der Waals surface area contributed by atoms with Gasteiger partial charge in [-0.3, -0.25) is 4.90 Å². The van der Waals surface area contributed by atoms with Gasteiger partial charge in [-0.1, -0.05) is 30.3 Å².